The Bertz CT molecular complexity index is 1080. The maximum Gasteiger partial charge on any atom is 0.335 e. The van der Waals surface area contributed by atoms with Crippen molar-refractivity contribution in [1.29, 1.82) is 0 Å². The quantitative estimate of drug-likeness (QED) is 0.407. The summed E-state index contributed by atoms with van der Waals surface area (Å²) in [6.07, 6.45) is 8.15. The van der Waals surface area contributed by atoms with Gasteiger partial charge in [0.2, 0.25) is 0 Å². The van der Waals surface area contributed by atoms with E-state index in [9.17, 15) is 4.79 Å². The number of nitrogens with zero attached hydrogens (tertiary/aromatic N) is 1. The van der Waals surface area contributed by atoms with E-state index >= 15 is 0 Å². The number of thiazole rings is 1. The topological polar surface area (TPSA) is 59.4 Å². The lowest BCUT2D eigenvalue weighted by Crippen LogP contribution is -2.26. The summed E-state index contributed by atoms with van der Waals surface area (Å²) in [5.74, 6) is 0.582. The molecule has 1 aliphatic rings. The molecular weight excluding hydrogens is 418 g/mol. The van der Waals surface area contributed by atoms with Gasteiger partial charge in [-0.1, -0.05) is 52.2 Å². The van der Waals surface area contributed by atoms with Crippen LogP contribution in [0.4, 0.5) is 0 Å². The number of aromatic carboxylic acids is 1. The van der Waals surface area contributed by atoms with Crippen molar-refractivity contribution in [2.24, 2.45) is 5.92 Å². The first-order chi connectivity index (χ1) is 15.4. The highest BCUT2D eigenvalue weighted by molar-refractivity contribution is 7.18. The number of ether oxygens (including phenoxy) is 1. The molecule has 0 radical (unpaired) electrons. The standard InChI is InChI=1S/C27H31NO3S/c1-18(2)17-31-23-12-11-21(15-22(23)27(3)13-5-4-6-14-27)24-16-28-25(32-24)19-7-9-20(10-8-19)26(29)30/h7-12,15-16,18H,4-6,13-14,17H2,1-3H3,(H,29,30). The van der Waals surface area contributed by atoms with Gasteiger partial charge in [-0.3, -0.25) is 0 Å². The molecule has 4 nitrogen and oxygen atoms in total. The maximum atomic E-state index is 11.1. The van der Waals surface area contributed by atoms with E-state index in [2.05, 4.69) is 44.0 Å². The van der Waals surface area contributed by atoms with E-state index < -0.39 is 5.97 Å². The zero-order valence-corrected chi connectivity index (χ0v) is 19.9. The highest BCUT2D eigenvalue weighted by Gasteiger charge is 2.32. The van der Waals surface area contributed by atoms with Gasteiger partial charge in [0.1, 0.15) is 10.8 Å². The van der Waals surface area contributed by atoms with Crippen LogP contribution in [0.3, 0.4) is 0 Å². The van der Waals surface area contributed by atoms with Crippen LogP contribution in [-0.4, -0.2) is 22.7 Å². The monoisotopic (exact) mass is 449 g/mol. The molecule has 0 saturated heterocycles. The van der Waals surface area contributed by atoms with Crippen molar-refractivity contribution in [3.05, 3.63) is 59.8 Å². The van der Waals surface area contributed by atoms with Crippen molar-refractivity contribution < 1.29 is 14.6 Å². The normalized spacial score (nSPS) is 15.6. The Balaban J connectivity index is 1.66. The van der Waals surface area contributed by atoms with Crippen LogP contribution in [-0.2, 0) is 5.41 Å². The average molecular weight is 450 g/mol. The molecule has 0 spiro atoms. The van der Waals surface area contributed by atoms with E-state index in [0.717, 1.165) is 33.4 Å². The molecule has 4 rings (SSSR count). The van der Waals surface area contributed by atoms with Crippen molar-refractivity contribution in [3.8, 4) is 26.8 Å². The number of hydrogen-bond acceptors (Lipinski definition) is 4. The number of benzene rings is 2. The highest BCUT2D eigenvalue weighted by Crippen LogP contribution is 2.45. The summed E-state index contributed by atoms with van der Waals surface area (Å²) < 4.78 is 6.25. The third-order valence-corrected chi connectivity index (χ3v) is 7.42. The van der Waals surface area contributed by atoms with Gasteiger partial charge in [-0.25, -0.2) is 9.78 Å². The van der Waals surface area contributed by atoms with Gasteiger partial charge in [-0.15, -0.1) is 11.3 Å². The van der Waals surface area contributed by atoms with Crippen molar-refractivity contribution in [3.63, 3.8) is 0 Å². The lowest BCUT2D eigenvalue weighted by atomic mass is 9.70. The Morgan fingerprint density at radius 2 is 1.78 bits per heavy atom. The fraction of sp³-hybridized carbons (Fsp3) is 0.407. The molecular formula is C27H31NO3S. The van der Waals surface area contributed by atoms with Crippen molar-refractivity contribution >= 4 is 17.3 Å². The van der Waals surface area contributed by atoms with Gasteiger partial charge in [0.25, 0.3) is 0 Å². The summed E-state index contributed by atoms with van der Waals surface area (Å²) >= 11 is 1.63. The van der Waals surface area contributed by atoms with E-state index in [-0.39, 0.29) is 11.0 Å². The molecule has 0 atom stereocenters. The third-order valence-electron chi connectivity index (χ3n) is 6.33. The molecule has 1 N–H and O–H groups in total. The Kier molecular flexibility index (Phi) is 6.66. The molecule has 168 valence electrons. The zero-order chi connectivity index (χ0) is 22.7. The van der Waals surface area contributed by atoms with Crippen molar-refractivity contribution in [1.82, 2.24) is 4.98 Å². The van der Waals surface area contributed by atoms with Gasteiger partial charge in [0.15, 0.2) is 0 Å². The van der Waals surface area contributed by atoms with Gasteiger partial charge < -0.3 is 9.84 Å². The number of carboxylic acids is 1. The molecule has 32 heavy (non-hydrogen) atoms. The summed E-state index contributed by atoms with van der Waals surface area (Å²) in [5.41, 5.74) is 3.84. The third kappa shape index (κ3) is 4.88. The van der Waals surface area contributed by atoms with Crippen molar-refractivity contribution in [2.45, 2.75) is 58.3 Å². The minimum Gasteiger partial charge on any atom is -0.493 e. The van der Waals surface area contributed by atoms with Gasteiger partial charge in [0.05, 0.1) is 17.0 Å². The Morgan fingerprint density at radius 3 is 2.44 bits per heavy atom. The molecule has 1 saturated carbocycles. The molecule has 1 fully saturated rings. The van der Waals surface area contributed by atoms with Gasteiger partial charge >= 0.3 is 5.97 Å². The number of hydrogen-bond donors (Lipinski definition) is 1. The van der Waals surface area contributed by atoms with Crippen LogP contribution in [0.15, 0.2) is 48.7 Å². The van der Waals surface area contributed by atoms with Crippen LogP contribution in [0.5, 0.6) is 5.75 Å². The predicted octanol–water partition coefficient (Wildman–Crippen LogP) is 7.43. The first-order valence-corrected chi connectivity index (χ1v) is 12.2. The summed E-state index contributed by atoms with van der Waals surface area (Å²) in [7, 11) is 0. The van der Waals surface area contributed by atoms with E-state index in [1.54, 1.807) is 23.5 Å². The summed E-state index contributed by atoms with van der Waals surface area (Å²) in [5, 5.41) is 10.0. The second-order valence-electron chi connectivity index (χ2n) is 9.45. The van der Waals surface area contributed by atoms with Gasteiger partial charge in [0, 0.05) is 17.3 Å². The zero-order valence-electron chi connectivity index (χ0n) is 19.1. The molecule has 1 aliphatic carbocycles. The summed E-state index contributed by atoms with van der Waals surface area (Å²) in [6, 6.07) is 13.5. The lowest BCUT2D eigenvalue weighted by Gasteiger charge is -2.35. The number of rotatable bonds is 7. The van der Waals surface area contributed by atoms with Gasteiger partial charge in [-0.05, 0) is 60.1 Å². The molecule has 1 heterocycles. The smallest absolute Gasteiger partial charge is 0.335 e. The van der Waals surface area contributed by atoms with E-state index in [1.165, 1.54) is 37.7 Å². The van der Waals surface area contributed by atoms with E-state index in [0.29, 0.717) is 5.92 Å². The number of aromatic nitrogens is 1. The summed E-state index contributed by atoms with van der Waals surface area (Å²) in [4.78, 5) is 16.8. The first kappa shape index (κ1) is 22.5. The van der Waals surface area contributed by atoms with Crippen LogP contribution in [0.1, 0.15) is 68.8 Å². The van der Waals surface area contributed by atoms with Gasteiger partial charge in [-0.2, -0.15) is 0 Å². The van der Waals surface area contributed by atoms with Crippen LogP contribution in [0, 0.1) is 5.92 Å². The van der Waals surface area contributed by atoms with Crippen LogP contribution in [0.2, 0.25) is 0 Å². The minimum absolute atomic E-state index is 0.140. The SMILES string of the molecule is CC(C)COc1ccc(-c2cnc(-c3ccc(C(=O)O)cc3)s2)cc1C1(C)CCCCC1. The first-order valence-electron chi connectivity index (χ1n) is 11.4. The fourth-order valence-corrected chi connectivity index (χ4v) is 5.35. The molecule has 1 aromatic heterocycles. The Hall–Kier alpha value is -2.66. The number of carbonyl (C=O) groups is 1. The second kappa shape index (κ2) is 9.45. The average Bonchev–Trinajstić information content (AvgIpc) is 3.28. The lowest BCUT2D eigenvalue weighted by molar-refractivity contribution is 0.0697. The minimum atomic E-state index is -0.917. The van der Waals surface area contributed by atoms with E-state index in [4.69, 9.17) is 9.84 Å². The van der Waals surface area contributed by atoms with E-state index in [1.807, 2.05) is 18.3 Å². The van der Waals surface area contributed by atoms with Crippen LogP contribution in [0.25, 0.3) is 21.0 Å². The Labute approximate surface area is 194 Å². The molecule has 5 heteroatoms. The molecule has 3 aromatic rings. The van der Waals surface area contributed by atoms with Crippen molar-refractivity contribution in [2.75, 3.05) is 6.61 Å². The van der Waals surface area contributed by atoms with Crippen LogP contribution < -0.4 is 4.74 Å². The summed E-state index contributed by atoms with van der Waals surface area (Å²) in [6.45, 7) is 7.46. The maximum absolute atomic E-state index is 11.1. The molecule has 0 aliphatic heterocycles. The largest absolute Gasteiger partial charge is 0.493 e. The highest BCUT2D eigenvalue weighted by atomic mass is 32.1. The molecule has 2 aromatic carbocycles. The molecule has 0 bridgehead atoms. The second-order valence-corrected chi connectivity index (χ2v) is 10.5. The predicted molar refractivity (Wildman–Crippen MR) is 131 cm³/mol. The number of carboxylic acid groups (broad SMARTS) is 1. The Morgan fingerprint density at radius 1 is 1.09 bits per heavy atom. The fourth-order valence-electron chi connectivity index (χ4n) is 4.44. The van der Waals surface area contributed by atoms with Crippen LogP contribution >= 0.6 is 11.3 Å². The molecule has 0 unspecified atom stereocenters. The molecule has 0 amide bonds.